The molecule has 4 nitrogen and oxygen atoms in total. The number of carboxylic acids is 1. The van der Waals surface area contributed by atoms with Crippen molar-refractivity contribution in [2.24, 2.45) is 0 Å². The molecule has 1 heterocycles. The van der Waals surface area contributed by atoms with Crippen molar-refractivity contribution < 1.29 is 9.90 Å². The van der Waals surface area contributed by atoms with E-state index in [0.29, 0.717) is 5.03 Å². The van der Waals surface area contributed by atoms with Crippen molar-refractivity contribution in [3.05, 3.63) is 41.1 Å². The number of H-pyrrole nitrogens is 1. The number of nitrogens with zero attached hydrogens (tertiary/aromatic N) is 1. The lowest BCUT2D eigenvalue weighted by Gasteiger charge is -2.09. The van der Waals surface area contributed by atoms with Crippen molar-refractivity contribution in [1.29, 1.82) is 0 Å². The third kappa shape index (κ3) is 2.41. The number of aromatic amines is 1. The van der Waals surface area contributed by atoms with E-state index in [9.17, 15) is 4.79 Å². The van der Waals surface area contributed by atoms with Crippen LogP contribution < -0.4 is 0 Å². The SMILES string of the molecule is CCc1cccc(C)c1Sc1[nH]ncc1C(=O)O. The molecule has 0 saturated carbocycles. The Morgan fingerprint density at radius 2 is 2.28 bits per heavy atom. The molecule has 1 aromatic carbocycles. The molecule has 2 N–H and O–H groups in total. The highest BCUT2D eigenvalue weighted by Crippen LogP contribution is 2.34. The molecule has 0 radical (unpaired) electrons. The molecule has 0 amide bonds. The van der Waals surface area contributed by atoms with Crippen LogP contribution in [0.2, 0.25) is 0 Å². The van der Waals surface area contributed by atoms with Crippen LogP contribution in [0.15, 0.2) is 34.3 Å². The molecular weight excluding hydrogens is 248 g/mol. The molecule has 2 rings (SSSR count). The Balaban J connectivity index is 2.40. The molecule has 0 saturated heterocycles. The van der Waals surface area contributed by atoms with E-state index < -0.39 is 5.97 Å². The summed E-state index contributed by atoms with van der Waals surface area (Å²) < 4.78 is 0. The summed E-state index contributed by atoms with van der Waals surface area (Å²) in [5.41, 5.74) is 2.57. The Morgan fingerprint density at radius 1 is 1.50 bits per heavy atom. The summed E-state index contributed by atoms with van der Waals surface area (Å²) in [6.45, 7) is 4.11. The second-order valence-corrected chi connectivity index (χ2v) is 4.96. The number of carbonyl (C=O) groups is 1. The third-order valence-electron chi connectivity index (χ3n) is 2.71. The summed E-state index contributed by atoms with van der Waals surface area (Å²) in [5, 5.41) is 16.2. The van der Waals surface area contributed by atoms with Crippen molar-refractivity contribution >= 4 is 17.7 Å². The van der Waals surface area contributed by atoms with E-state index in [0.717, 1.165) is 16.9 Å². The molecule has 18 heavy (non-hydrogen) atoms. The average Bonchev–Trinajstić information content (AvgIpc) is 2.80. The van der Waals surface area contributed by atoms with Gasteiger partial charge >= 0.3 is 5.97 Å². The highest BCUT2D eigenvalue weighted by molar-refractivity contribution is 7.99. The number of aromatic nitrogens is 2. The Labute approximate surface area is 109 Å². The molecule has 94 valence electrons. The number of benzene rings is 1. The normalized spacial score (nSPS) is 10.6. The quantitative estimate of drug-likeness (QED) is 0.888. The predicted octanol–water partition coefficient (Wildman–Crippen LogP) is 3.13. The van der Waals surface area contributed by atoms with Gasteiger partial charge in [-0.2, -0.15) is 5.10 Å². The van der Waals surface area contributed by atoms with Crippen LogP contribution in [0.25, 0.3) is 0 Å². The van der Waals surface area contributed by atoms with Gasteiger partial charge in [0.2, 0.25) is 0 Å². The number of aromatic carboxylic acids is 1. The lowest BCUT2D eigenvalue weighted by Crippen LogP contribution is -1.97. The molecular formula is C13H14N2O2S. The fourth-order valence-corrected chi connectivity index (χ4v) is 2.87. The first-order chi connectivity index (χ1) is 8.63. The van der Waals surface area contributed by atoms with Crippen LogP contribution in [-0.2, 0) is 6.42 Å². The second-order valence-electron chi connectivity index (χ2n) is 3.94. The van der Waals surface area contributed by atoms with Gasteiger partial charge in [0, 0.05) is 4.90 Å². The Morgan fingerprint density at radius 3 is 2.94 bits per heavy atom. The minimum Gasteiger partial charge on any atom is -0.478 e. The maximum absolute atomic E-state index is 11.0. The fourth-order valence-electron chi connectivity index (χ4n) is 1.74. The van der Waals surface area contributed by atoms with E-state index in [4.69, 9.17) is 5.11 Å². The molecule has 0 aliphatic rings. The first kappa shape index (κ1) is 12.7. The Kier molecular flexibility index (Phi) is 3.72. The van der Waals surface area contributed by atoms with Gasteiger partial charge in [-0.3, -0.25) is 5.10 Å². The highest BCUT2D eigenvalue weighted by atomic mass is 32.2. The standard InChI is InChI=1S/C13H14N2O2S/c1-3-9-6-4-5-8(2)11(9)18-12-10(13(16)17)7-14-15-12/h4-7H,3H2,1-2H3,(H,14,15)(H,16,17). The van der Waals surface area contributed by atoms with Crippen molar-refractivity contribution in [2.75, 3.05) is 0 Å². The molecule has 0 atom stereocenters. The van der Waals surface area contributed by atoms with Crippen molar-refractivity contribution in [3.8, 4) is 0 Å². The zero-order chi connectivity index (χ0) is 13.1. The number of aryl methyl sites for hydroxylation is 2. The van der Waals surface area contributed by atoms with E-state index in [1.807, 2.05) is 19.1 Å². The number of rotatable bonds is 4. The lowest BCUT2D eigenvalue weighted by atomic mass is 10.1. The molecule has 0 fully saturated rings. The van der Waals surface area contributed by atoms with Crippen molar-refractivity contribution in [3.63, 3.8) is 0 Å². The molecule has 5 heteroatoms. The maximum Gasteiger partial charge on any atom is 0.340 e. The molecule has 0 spiro atoms. The van der Waals surface area contributed by atoms with E-state index in [1.165, 1.54) is 23.5 Å². The first-order valence-corrected chi connectivity index (χ1v) is 6.48. The lowest BCUT2D eigenvalue weighted by molar-refractivity contribution is 0.0693. The fraction of sp³-hybridized carbons (Fsp3) is 0.231. The predicted molar refractivity (Wildman–Crippen MR) is 70.2 cm³/mol. The van der Waals surface area contributed by atoms with Gasteiger partial charge in [-0.05, 0) is 24.5 Å². The van der Waals surface area contributed by atoms with Crippen LogP contribution in [0.5, 0.6) is 0 Å². The van der Waals surface area contributed by atoms with Gasteiger partial charge in [-0.25, -0.2) is 4.79 Å². The number of hydrogen-bond donors (Lipinski definition) is 2. The molecule has 1 aromatic heterocycles. The molecule has 2 aromatic rings. The summed E-state index contributed by atoms with van der Waals surface area (Å²) in [7, 11) is 0. The van der Waals surface area contributed by atoms with Crippen LogP contribution >= 0.6 is 11.8 Å². The van der Waals surface area contributed by atoms with Gasteiger partial charge < -0.3 is 5.11 Å². The summed E-state index contributed by atoms with van der Waals surface area (Å²) >= 11 is 1.43. The Bertz CT molecular complexity index is 578. The van der Waals surface area contributed by atoms with E-state index in [1.54, 1.807) is 0 Å². The minimum absolute atomic E-state index is 0.213. The number of nitrogens with one attached hydrogen (secondary N) is 1. The molecule has 0 aliphatic carbocycles. The molecule has 0 bridgehead atoms. The second kappa shape index (κ2) is 5.27. The van der Waals surface area contributed by atoms with Crippen LogP contribution in [0, 0.1) is 6.92 Å². The van der Waals surface area contributed by atoms with Crippen LogP contribution in [0.3, 0.4) is 0 Å². The summed E-state index contributed by atoms with van der Waals surface area (Å²) in [5.74, 6) is -0.960. The van der Waals surface area contributed by atoms with Gasteiger partial charge in [0.15, 0.2) is 0 Å². The van der Waals surface area contributed by atoms with E-state index >= 15 is 0 Å². The minimum atomic E-state index is -0.960. The molecule has 0 aliphatic heterocycles. The van der Waals surface area contributed by atoms with Crippen LogP contribution in [-0.4, -0.2) is 21.3 Å². The smallest absolute Gasteiger partial charge is 0.340 e. The Hall–Kier alpha value is -1.75. The largest absolute Gasteiger partial charge is 0.478 e. The monoisotopic (exact) mass is 262 g/mol. The van der Waals surface area contributed by atoms with Crippen LogP contribution in [0.1, 0.15) is 28.4 Å². The molecule has 0 unspecified atom stereocenters. The topological polar surface area (TPSA) is 66.0 Å². The van der Waals surface area contributed by atoms with Gasteiger partial charge in [0.25, 0.3) is 0 Å². The summed E-state index contributed by atoms with van der Waals surface area (Å²) in [6, 6.07) is 6.10. The first-order valence-electron chi connectivity index (χ1n) is 5.66. The van der Waals surface area contributed by atoms with Crippen LogP contribution in [0.4, 0.5) is 0 Å². The average molecular weight is 262 g/mol. The van der Waals surface area contributed by atoms with E-state index in [-0.39, 0.29) is 5.56 Å². The van der Waals surface area contributed by atoms with Crippen molar-refractivity contribution in [1.82, 2.24) is 10.2 Å². The highest BCUT2D eigenvalue weighted by Gasteiger charge is 2.15. The number of hydrogen-bond acceptors (Lipinski definition) is 3. The summed E-state index contributed by atoms with van der Waals surface area (Å²) in [6.07, 6.45) is 2.26. The third-order valence-corrected chi connectivity index (χ3v) is 4.02. The zero-order valence-electron chi connectivity index (χ0n) is 10.2. The van der Waals surface area contributed by atoms with Gasteiger partial charge in [0.05, 0.1) is 6.20 Å². The van der Waals surface area contributed by atoms with E-state index in [2.05, 4.69) is 23.2 Å². The summed E-state index contributed by atoms with van der Waals surface area (Å²) in [4.78, 5) is 12.1. The zero-order valence-corrected chi connectivity index (χ0v) is 11.0. The van der Waals surface area contributed by atoms with Gasteiger partial charge in [0.1, 0.15) is 10.6 Å². The van der Waals surface area contributed by atoms with Gasteiger partial charge in [-0.15, -0.1) is 0 Å². The number of carboxylic acid groups (broad SMARTS) is 1. The maximum atomic E-state index is 11.0. The van der Waals surface area contributed by atoms with Gasteiger partial charge in [-0.1, -0.05) is 36.9 Å². The van der Waals surface area contributed by atoms with Crippen molar-refractivity contribution in [2.45, 2.75) is 30.2 Å².